The number of carboxylic acids is 1. The number of thiophene rings is 1. The molecule has 1 aromatic rings. The van der Waals surface area contributed by atoms with Gasteiger partial charge in [-0.1, -0.05) is 0 Å². The maximum Gasteiger partial charge on any atom is 0.325 e. The van der Waals surface area contributed by atoms with Gasteiger partial charge < -0.3 is 5.11 Å². The zero-order valence-electron chi connectivity index (χ0n) is 9.43. The normalized spacial score (nSPS) is 13.5. The van der Waals surface area contributed by atoms with Crippen LogP contribution >= 0.6 is 11.3 Å². The molecule has 0 bridgehead atoms. The van der Waals surface area contributed by atoms with Gasteiger partial charge in [0.25, 0.3) is 10.0 Å². The van der Waals surface area contributed by atoms with E-state index >= 15 is 0 Å². The molecule has 0 aliphatic carbocycles. The molecule has 0 aromatic carbocycles. The molecule has 0 aliphatic heterocycles. The molecule has 1 rings (SSSR count). The first-order valence-electron chi connectivity index (χ1n) is 4.63. The fourth-order valence-electron chi connectivity index (χ4n) is 1.05. The van der Waals surface area contributed by atoms with E-state index in [0.717, 1.165) is 19.2 Å². The summed E-state index contributed by atoms with van der Waals surface area (Å²) in [5.41, 5.74) is 0. The lowest BCUT2D eigenvalue weighted by Gasteiger charge is -2.19. The Hall–Kier alpha value is -1.52. The smallest absolute Gasteiger partial charge is 0.325 e. The highest BCUT2D eigenvalue weighted by molar-refractivity contribution is 7.91. The fraction of sp³-hybridized carbons (Fsp3) is 0.375. The molecular formula is C8H10N2O6S2. The van der Waals surface area contributed by atoms with Crippen LogP contribution in [0.2, 0.25) is 0 Å². The van der Waals surface area contributed by atoms with Crippen molar-refractivity contribution in [1.29, 1.82) is 0 Å². The minimum absolute atomic E-state index is 0.259. The second-order valence-corrected chi connectivity index (χ2v) is 6.67. The Morgan fingerprint density at radius 1 is 1.56 bits per heavy atom. The van der Waals surface area contributed by atoms with Crippen molar-refractivity contribution in [3.8, 4) is 0 Å². The van der Waals surface area contributed by atoms with Crippen molar-refractivity contribution < 1.29 is 23.2 Å². The number of carboxylic acid groups (broad SMARTS) is 1. The number of rotatable bonds is 5. The third-order valence-corrected chi connectivity index (χ3v) is 5.72. The molecule has 8 nitrogen and oxygen atoms in total. The topological polar surface area (TPSA) is 118 Å². The largest absolute Gasteiger partial charge is 0.480 e. The number of hydrogen-bond donors (Lipinski definition) is 1. The van der Waals surface area contributed by atoms with Gasteiger partial charge in [-0.3, -0.25) is 14.9 Å². The molecule has 1 atom stereocenters. The van der Waals surface area contributed by atoms with Crippen molar-refractivity contribution in [2.75, 3.05) is 7.05 Å². The molecule has 10 heteroatoms. The summed E-state index contributed by atoms with van der Waals surface area (Å²) in [6, 6.07) is 0.899. The highest BCUT2D eigenvalue weighted by atomic mass is 32.2. The minimum atomic E-state index is -4.03. The van der Waals surface area contributed by atoms with E-state index in [2.05, 4.69) is 0 Å². The van der Waals surface area contributed by atoms with E-state index in [-0.39, 0.29) is 9.21 Å². The summed E-state index contributed by atoms with van der Waals surface area (Å²) < 4.78 is 24.3. The van der Waals surface area contributed by atoms with Gasteiger partial charge in [-0.25, -0.2) is 8.42 Å². The molecule has 0 saturated carbocycles. The van der Waals surface area contributed by atoms with Crippen molar-refractivity contribution in [1.82, 2.24) is 4.31 Å². The second kappa shape index (κ2) is 5.00. The predicted molar refractivity (Wildman–Crippen MR) is 63.0 cm³/mol. The van der Waals surface area contributed by atoms with E-state index in [4.69, 9.17) is 5.11 Å². The van der Waals surface area contributed by atoms with Crippen molar-refractivity contribution in [3.05, 3.63) is 22.2 Å². The summed E-state index contributed by atoms with van der Waals surface area (Å²) in [4.78, 5) is 20.5. The van der Waals surface area contributed by atoms with E-state index in [9.17, 15) is 23.3 Å². The standard InChI is InChI=1S/C8H10N2O6S2/c1-5(8(11)12)9(2)18(15,16)7-4-3-6(17-7)10(13)14/h3-5H,1-2H3,(H,11,12). The van der Waals surface area contributed by atoms with E-state index in [1.165, 1.54) is 6.92 Å². The number of carbonyl (C=O) groups is 1. The van der Waals surface area contributed by atoms with Crippen LogP contribution in [0.15, 0.2) is 16.3 Å². The van der Waals surface area contributed by atoms with Crippen LogP contribution in [-0.2, 0) is 14.8 Å². The monoisotopic (exact) mass is 294 g/mol. The van der Waals surface area contributed by atoms with Crippen molar-refractivity contribution in [2.45, 2.75) is 17.2 Å². The third kappa shape index (κ3) is 2.66. The van der Waals surface area contributed by atoms with Crippen molar-refractivity contribution in [3.63, 3.8) is 0 Å². The first-order valence-corrected chi connectivity index (χ1v) is 6.88. The van der Waals surface area contributed by atoms with Crippen molar-refractivity contribution >= 4 is 32.3 Å². The molecule has 0 fully saturated rings. The van der Waals surface area contributed by atoms with Crippen LogP contribution < -0.4 is 0 Å². The second-order valence-electron chi connectivity index (χ2n) is 3.39. The lowest BCUT2D eigenvalue weighted by atomic mass is 10.4. The van der Waals surface area contributed by atoms with Gasteiger partial charge in [0.05, 0.1) is 4.92 Å². The summed E-state index contributed by atoms with van der Waals surface area (Å²) in [6.07, 6.45) is 0. The summed E-state index contributed by atoms with van der Waals surface area (Å²) in [6.45, 7) is 1.21. The van der Waals surface area contributed by atoms with E-state index in [1.807, 2.05) is 0 Å². The summed E-state index contributed by atoms with van der Waals surface area (Å²) in [5, 5.41) is 18.9. The first-order chi connectivity index (χ1) is 8.17. The number of hydrogen-bond acceptors (Lipinski definition) is 6. The van der Waals surface area contributed by atoms with Crippen LogP contribution in [0, 0.1) is 10.1 Å². The number of nitro groups is 1. The highest BCUT2D eigenvalue weighted by Crippen LogP contribution is 2.30. The fourth-order valence-corrected chi connectivity index (χ4v) is 3.67. The molecule has 0 spiro atoms. The van der Waals surface area contributed by atoms with Gasteiger partial charge in [-0.05, 0) is 24.3 Å². The molecule has 0 aliphatic rings. The molecule has 0 saturated heterocycles. The predicted octanol–water partition coefficient (Wildman–Crippen LogP) is 0.750. The van der Waals surface area contributed by atoms with Crippen molar-refractivity contribution in [2.24, 2.45) is 0 Å². The van der Waals surface area contributed by atoms with Gasteiger partial charge in [-0.2, -0.15) is 4.31 Å². The molecule has 1 aromatic heterocycles. The highest BCUT2D eigenvalue weighted by Gasteiger charge is 2.31. The SMILES string of the molecule is CC(C(=O)O)N(C)S(=O)(=O)c1ccc([N+](=O)[O-])s1. The van der Waals surface area contributed by atoms with E-state index in [1.54, 1.807) is 0 Å². The van der Waals surface area contributed by atoms with Gasteiger partial charge in [0.1, 0.15) is 10.3 Å². The number of sulfonamides is 1. The van der Waals surface area contributed by atoms with Crippen LogP contribution in [0.5, 0.6) is 0 Å². The van der Waals surface area contributed by atoms with E-state index in [0.29, 0.717) is 15.6 Å². The Bertz CT molecular complexity index is 578. The van der Waals surface area contributed by atoms with Gasteiger partial charge in [0.15, 0.2) is 0 Å². The molecule has 0 radical (unpaired) electrons. The van der Waals surface area contributed by atoms with Gasteiger partial charge in [0.2, 0.25) is 0 Å². The van der Waals surface area contributed by atoms with Crippen LogP contribution in [-0.4, -0.2) is 41.8 Å². The summed E-state index contributed by atoms with van der Waals surface area (Å²) >= 11 is 0.484. The minimum Gasteiger partial charge on any atom is -0.480 e. The summed E-state index contributed by atoms with van der Waals surface area (Å²) in [5.74, 6) is -1.30. The number of nitrogens with zero attached hydrogens (tertiary/aromatic N) is 2. The Morgan fingerprint density at radius 3 is 2.50 bits per heavy atom. The zero-order valence-corrected chi connectivity index (χ0v) is 11.1. The number of aliphatic carboxylic acids is 1. The molecule has 100 valence electrons. The Balaban J connectivity index is 3.13. The first kappa shape index (κ1) is 14.5. The zero-order chi connectivity index (χ0) is 14.1. The average molecular weight is 294 g/mol. The quantitative estimate of drug-likeness (QED) is 0.632. The van der Waals surface area contributed by atoms with Gasteiger partial charge in [0, 0.05) is 13.1 Å². The molecule has 18 heavy (non-hydrogen) atoms. The Labute approximate surface area is 107 Å². The Morgan fingerprint density at radius 2 is 2.11 bits per heavy atom. The molecule has 1 unspecified atom stereocenters. The lowest BCUT2D eigenvalue weighted by Crippen LogP contribution is -2.39. The maximum absolute atomic E-state index is 12.0. The molecular weight excluding hydrogens is 284 g/mol. The van der Waals surface area contributed by atoms with Gasteiger partial charge >= 0.3 is 11.0 Å². The van der Waals surface area contributed by atoms with Crippen LogP contribution in [0.1, 0.15) is 6.92 Å². The third-order valence-electron chi connectivity index (χ3n) is 2.28. The molecule has 1 heterocycles. The molecule has 1 N–H and O–H groups in total. The van der Waals surface area contributed by atoms with E-state index < -0.39 is 27.0 Å². The molecule has 0 amide bonds. The average Bonchev–Trinajstić information content (AvgIpc) is 2.76. The maximum atomic E-state index is 12.0. The number of likely N-dealkylation sites (N-methyl/N-ethyl adjacent to an activating group) is 1. The Kier molecular flexibility index (Phi) is 4.04. The van der Waals surface area contributed by atoms with Crippen LogP contribution in [0.3, 0.4) is 0 Å². The lowest BCUT2D eigenvalue weighted by molar-refractivity contribution is -0.380. The summed E-state index contributed by atoms with van der Waals surface area (Å²) in [7, 11) is -2.92. The van der Waals surface area contributed by atoms with Crippen LogP contribution in [0.4, 0.5) is 5.00 Å². The van der Waals surface area contributed by atoms with Gasteiger partial charge in [-0.15, -0.1) is 0 Å². The van der Waals surface area contributed by atoms with Crippen LogP contribution in [0.25, 0.3) is 0 Å².